The van der Waals surface area contributed by atoms with Gasteiger partial charge in [0.2, 0.25) is 5.91 Å². The van der Waals surface area contributed by atoms with Gasteiger partial charge in [0.05, 0.1) is 12.1 Å². The van der Waals surface area contributed by atoms with Crippen molar-refractivity contribution in [1.82, 2.24) is 16.0 Å². The highest BCUT2D eigenvalue weighted by Gasteiger charge is 2.42. The molecule has 2 heterocycles. The Kier molecular flexibility index (Phi) is 8.06. The van der Waals surface area contributed by atoms with E-state index in [4.69, 9.17) is 0 Å². The molecule has 0 aliphatic carbocycles. The zero-order chi connectivity index (χ0) is 16.5. The van der Waals surface area contributed by atoms with E-state index >= 15 is 0 Å². The van der Waals surface area contributed by atoms with Crippen molar-refractivity contribution < 1.29 is 9.59 Å². The van der Waals surface area contributed by atoms with Gasteiger partial charge in [-0.3, -0.25) is 4.79 Å². The van der Waals surface area contributed by atoms with Crippen LogP contribution in [0.2, 0.25) is 0 Å². The molecule has 0 aromatic heterocycles. The lowest BCUT2D eigenvalue weighted by atomic mass is 10.0. The number of rotatable bonds is 11. The van der Waals surface area contributed by atoms with E-state index in [0.717, 1.165) is 38.0 Å². The fourth-order valence-electron chi connectivity index (χ4n) is 3.32. The lowest BCUT2D eigenvalue weighted by Gasteiger charge is -2.16. The third kappa shape index (κ3) is 6.24. The molecule has 0 spiro atoms. The fraction of sp³-hybridized carbons (Fsp3) is 0.882. The van der Waals surface area contributed by atoms with E-state index in [2.05, 4.69) is 22.9 Å². The van der Waals surface area contributed by atoms with Gasteiger partial charge in [0.25, 0.3) is 0 Å². The van der Waals surface area contributed by atoms with Crippen molar-refractivity contribution in [3.63, 3.8) is 0 Å². The minimum atomic E-state index is -0.0244. The molecule has 0 radical (unpaired) electrons. The van der Waals surface area contributed by atoms with E-state index in [9.17, 15) is 9.59 Å². The maximum absolute atomic E-state index is 11.8. The molecule has 2 aliphatic rings. The molecule has 132 valence electrons. The standard InChI is InChI=1S/C17H31N3O2S/c1-2-3-4-5-8-11-18-15(21)10-7-6-9-14-16-13(12-23-14)19-17(22)20-16/h13-14,16H,2-12H2,1H3,(H,18,21)(H2,19,20,22). The molecule has 2 aliphatic heterocycles. The number of carbonyl (C=O) groups excluding carboxylic acids is 2. The zero-order valence-electron chi connectivity index (χ0n) is 14.2. The van der Waals surface area contributed by atoms with Crippen LogP contribution in [0.5, 0.6) is 0 Å². The third-order valence-electron chi connectivity index (χ3n) is 4.68. The SMILES string of the molecule is CCCCCCCNC(=O)CCCCC1SCC2NC(=O)NC21. The molecule has 23 heavy (non-hydrogen) atoms. The molecular weight excluding hydrogens is 310 g/mol. The molecule has 6 heteroatoms. The first kappa shape index (κ1) is 18.4. The number of carbonyl (C=O) groups is 2. The molecule has 3 N–H and O–H groups in total. The summed E-state index contributed by atoms with van der Waals surface area (Å²) >= 11 is 1.94. The van der Waals surface area contributed by atoms with Crippen LogP contribution in [0.3, 0.4) is 0 Å². The molecule has 2 rings (SSSR count). The summed E-state index contributed by atoms with van der Waals surface area (Å²) in [6.07, 6.45) is 9.85. The molecule has 0 bridgehead atoms. The summed E-state index contributed by atoms with van der Waals surface area (Å²) in [6, 6.07) is 0.557. The smallest absolute Gasteiger partial charge is 0.315 e. The van der Waals surface area contributed by atoms with E-state index in [1.165, 1.54) is 25.7 Å². The number of thioether (sulfide) groups is 1. The number of urea groups is 1. The average molecular weight is 342 g/mol. The van der Waals surface area contributed by atoms with Gasteiger partial charge in [-0.1, -0.05) is 39.0 Å². The number of unbranched alkanes of at least 4 members (excludes halogenated alkanes) is 5. The first-order valence-electron chi connectivity index (χ1n) is 9.16. The van der Waals surface area contributed by atoms with Crippen LogP contribution in [0.25, 0.3) is 0 Å². The molecule has 0 aromatic carbocycles. The zero-order valence-corrected chi connectivity index (χ0v) is 15.1. The van der Waals surface area contributed by atoms with Crippen LogP contribution in [0.4, 0.5) is 4.79 Å². The summed E-state index contributed by atoms with van der Waals surface area (Å²) in [5, 5.41) is 9.50. The molecule has 0 aromatic rings. The Hall–Kier alpha value is -0.910. The van der Waals surface area contributed by atoms with E-state index < -0.39 is 0 Å². The molecule has 2 fully saturated rings. The van der Waals surface area contributed by atoms with Crippen LogP contribution < -0.4 is 16.0 Å². The van der Waals surface area contributed by atoms with Gasteiger partial charge >= 0.3 is 6.03 Å². The van der Waals surface area contributed by atoms with E-state index in [1.54, 1.807) is 0 Å². The lowest BCUT2D eigenvalue weighted by Crippen LogP contribution is -2.36. The van der Waals surface area contributed by atoms with Crippen LogP contribution in [0, 0.1) is 0 Å². The second-order valence-electron chi connectivity index (χ2n) is 6.63. The molecule has 3 atom stereocenters. The van der Waals surface area contributed by atoms with Crippen molar-refractivity contribution in [3.8, 4) is 0 Å². The number of hydrogen-bond acceptors (Lipinski definition) is 3. The van der Waals surface area contributed by atoms with Gasteiger partial charge < -0.3 is 16.0 Å². The highest BCUT2D eigenvalue weighted by molar-refractivity contribution is 8.00. The van der Waals surface area contributed by atoms with Crippen molar-refractivity contribution >= 4 is 23.7 Å². The van der Waals surface area contributed by atoms with Gasteiger partial charge in [-0.05, 0) is 19.3 Å². The Morgan fingerprint density at radius 1 is 1.17 bits per heavy atom. The topological polar surface area (TPSA) is 70.2 Å². The van der Waals surface area contributed by atoms with Crippen LogP contribution in [0.1, 0.15) is 64.7 Å². The van der Waals surface area contributed by atoms with Gasteiger partial charge in [0, 0.05) is 24.0 Å². The largest absolute Gasteiger partial charge is 0.356 e. The summed E-state index contributed by atoms with van der Waals surface area (Å²) in [7, 11) is 0. The van der Waals surface area contributed by atoms with Crippen LogP contribution in [-0.2, 0) is 4.79 Å². The van der Waals surface area contributed by atoms with E-state index in [1.807, 2.05) is 11.8 Å². The molecule has 5 nitrogen and oxygen atoms in total. The third-order valence-corrected chi connectivity index (χ3v) is 6.19. The van der Waals surface area contributed by atoms with Gasteiger partial charge in [0.15, 0.2) is 0 Å². The average Bonchev–Trinajstić information content (AvgIpc) is 3.07. The van der Waals surface area contributed by atoms with Crippen molar-refractivity contribution in [3.05, 3.63) is 0 Å². The van der Waals surface area contributed by atoms with Crippen LogP contribution >= 0.6 is 11.8 Å². The highest BCUT2D eigenvalue weighted by atomic mass is 32.2. The highest BCUT2D eigenvalue weighted by Crippen LogP contribution is 2.33. The Morgan fingerprint density at radius 3 is 2.83 bits per heavy atom. The maximum atomic E-state index is 11.8. The Balaban J connectivity index is 1.46. The van der Waals surface area contributed by atoms with E-state index in [0.29, 0.717) is 17.7 Å². The maximum Gasteiger partial charge on any atom is 0.315 e. The van der Waals surface area contributed by atoms with Gasteiger partial charge in [-0.15, -0.1) is 0 Å². The van der Waals surface area contributed by atoms with Crippen LogP contribution in [0.15, 0.2) is 0 Å². The predicted molar refractivity (Wildman–Crippen MR) is 95.7 cm³/mol. The molecule has 3 unspecified atom stereocenters. The minimum absolute atomic E-state index is 0.0244. The quantitative estimate of drug-likeness (QED) is 0.400. The summed E-state index contributed by atoms with van der Waals surface area (Å²) in [6.45, 7) is 3.03. The Morgan fingerprint density at radius 2 is 2.00 bits per heavy atom. The summed E-state index contributed by atoms with van der Waals surface area (Å²) in [5.74, 6) is 1.19. The number of hydrogen-bond donors (Lipinski definition) is 3. The number of nitrogens with one attached hydrogen (secondary N) is 3. The second kappa shape index (κ2) is 10.1. The second-order valence-corrected chi connectivity index (χ2v) is 7.90. The van der Waals surface area contributed by atoms with Crippen molar-refractivity contribution in [1.29, 1.82) is 0 Å². The normalized spacial score (nSPS) is 25.8. The summed E-state index contributed by atoms with van der Waals surface area (Å²) in [5.41, 5.74) is 0. The lowest BCUT2D eigenvalue weighted by molar-refractivity contribution is -0.121. The fourth-order valence-corrected chi connectivity index (χ4v) is 4.86. The van der Waals surface area contributed by atoms with Gasteiger partial charge in [0.1, 0.15) is 0 Å². The molecule has 0 saturated carbocycles. The molecular formula is C17H31N3O2S. The predicted octanol–water partition coefficient (Wildman–Crippen LogP) is 2.80. The first-order valence-corrected chi connectivity index (χ1v) is 10.2. The molecule has 2 saturated heterocycles. The van der Waals surface area contributed by atoms with Gasteiger partial charge in [-0.25, -0.2) is 4.79 Å². The summed E-state index contributed by atoms with van der Waals surface area (Å²) < 4.78 is 0. The van der Waals surface area contributed by atoms with E-state index in [-0.39, 0.29) is 18.0 Å². The molecule has 3 amide bonds. The number of amides is 3. The minimum Gasteiger partial charge on any atom is -0.356 e. The monoisotopic (exact) mass is 341 g/mol. The first-order chi connectivity index (χ1) is 11.2. The summed E-state index contributed by atoms with van der Waals surface area (Å²) in [4.78, 5) is 23.1. The number of fused-ring (bicyclic) bond motifs is 1. The Labute approximate surface area is 144 Å². The van der Waals surface area contributed by atoms with Crippen molar-refractivity contribution in [2.45, 2.75) is 82.0 Å². The van der Waals surface area contributed by atoms with Gasteiger partial charge in [-0.2, -0.15) is 11.8 Å². The van der Waals surface area contributed by atoms with Crippen molar-refractivity contribution in [2.24, 2.45) is 0 Å². The van der Waals surface area contributed by atoms with Crippen LogP contribution in [-0.4, -0.2) is 41.6 Å². The van der Waals surface area contributed by atoms with Crippen molar-refractivity contribution in [2.75, 3.05) is 12.3 Å². The Bertz CT molecular complexity index is 392.